The van der Waals surface area contributed by atoms with Gasteiger partial charge in [-0.15, -0.1) is 0 Å². The van der Waals surface area contributed by atoms with E-state index in [2.05, 4.69) is 0 Å². The first-order chi connectivity index (χ1) is 15.4. The van der Waals surface area contributed by atoms with E-state index in [0.29, 0.717) is 22.2 Å². The largest absolute Gasteiger partial charge is 0.454 e. The molecule has 2 aromatic carbocycles. The minimum absolute atomic E-state index is 0.0996. The minimum atomic E-state index is -2.39. The molecule has 3 heteroatoms. The lowest BCUT2D eigenvalue weighted by Crippen LogP contribution is -2.31. The van der Waals surface area contributed by atoms with Crippen molar-refractivity contribution in [1.82, 2.24) is 4.98 Å². The number of aryl methyl sites for hydroxylation is 4. The molecule has 0 amide bonds. The molecule has 0 fully saturated rings. The Morgan fingerprint density at radius 1 is 1.04 bits per heavy atom. The molecule has 0 saturated heterocycles. The van der Waals surface area contributed by atoms with E-state index in [4.69, 9.17) is 17.6 Å². The first-order valence-corrected chi connectivity index (χ1v) is 8.72. The quantitative estimate of drug-likeness (QED) is 0.367. The molecule has 132 valence electrons. The van der Waals surface area contributed by atoms with E-state index in [0.717, 1.165) is 22.0 Å². The Morgan fingerprint density at radius 2 is 1.93 bits per heavy atom. The standard InChI is InChI=1S/C24H21N2O/c1-14-9-10-18(15(2)11-14)23-21-22-20(27-24(21)16(3)13-26(23)4)12-17-7-5-6-8-19(17)25-22/h5-13H,1-4H3/q+1/i1D3,3D3. The molecule has 0 saturated carbocycles. The van der Waals surface area contributed by atoms with E-state index in [1.807, 2.05) is 37.3 Å². The van der Waals surface area contributed by atoms with Gasteiger partial charge in [0.1, 0.15) is 18.0 Å². The van der Waals surface area contributed by atoms with Crippen LogP contribution in [-0.2, 0) is 7.05 Å². The van der Waals surface area contributed by atoms with Gasteiger partial charge in [0.2, 0.25) is 5.69 Å². The first-order valence-electron chi connectivity index (χ1n) is 11.7. The van der Waals surface area contributed by atoms with Crippen LogP contribution in [0.1, 0.15) is 24.9 Å². The third kappa shape index (κ3) is 2.35. The zero-order chi connectivity index (χ0) is 23.7. The van der Waals surface area contributed by atoms with Gasteiger partial charge in [-0.1, -0.05) is 35.9 Å². The molecule has 0 atom stereocenters. The van der Waals surface area contributed by atoms with E-state index >= 15 is 0 Å². The van der Waals surface area contributed by atoms with Gasteiger partial charge < -0.3 is 4.42 Å². The van der Waals surface area contributed by atoms with Crippen LogP contribution in [0.4, 0.5) is 0 Å². The Morgan fingerprint density at radius 3 is 2.74 bits per heavy atom. The van der Waals surface area contributed by atoms with Gasteiger partial charge in [0.15, 0.2) is 17.4 Å². The van der Waals surface area contributed by atoms with Crippen LogP contribution in [0.25, 0.3) is 44.2 Å². The van der Waals surface area contributed by atoms with Gasteiger partial charge in [0.05, 0.1) is 11.1 Å². The molecule has 0 aliphatic rings. The van der Waals surface area contributed by atoms with Crippen LogP contribution in [0.5, 0.6) is 0 Å². The lowest BCUT2D eigenvalue weighted by molar-refractivity contribution is -0.659. The Kier molecular flexibility index (Phi) is 2.27. The lowest BCUT2D eigenvalue weighted by Gasteiger charge is -2.07. The molecule has 5 aromatic rings. The Bertz CT molecular complexity index is 1560. The number of rotatable bonds is 1. The summed E-state index contributed by atoms with van der Waals surface area (Å²) in [6.07, 6.45) is 1.56. The summed E-state index contributed by atoms with van der Waals surface area (Å²) in [4.78, 5) is 4.82. The summed E-state index contributed by atoms with van der Waals surface area (Å²) in [6, 6.07) is 14.5. The third-order valence-electron chi connectivity index (χ3n) is 5.00. The van der Waals surface area contributed by atoms with Crippen molar-refractivity contribution in [3.05, 3.63) is 71.4 Å². The second kappa shape index (κ2) is 5.65. The SMILES string of the molecule is [2H]C([2H])([2H])c1ccc(-c2c3c(oc4cc5ccccc5nc43)c(C([2H])([2H])[2H])c[n+]2C)c(C)c1. The summed E-state index contributed by atoms with van der Waals surface area (Å²) in [5.41, 5.74) is 4.72. The number of furan rings is 1. The predicted molar refractivity (Wildman–Crippen MR) is 110 cm³/mol. The van der Waals surface area contributed by atoms with Crippen molar-refractivity contribution < 1.29 is 17.2 Å². The molecule has 0 unspecified atom stereocenters. The summed E-state index contributed by atoms with van der Waals surface area (Å²) in [5.74, 6) is 0. The van der Waals surface area contributed by atoms with Crippen LogP contribution in [0.15, 0.2) is 59.1 Å². The molecule has 3 heterocycles. The van der Waals surface area contributed by atoms with Crippen molar-refractivity contribution in [3.63, 3.8) is 0 Å². The molecule has 0 bridgehead atoms. The van der Waals surface area contributed by atoms with E-state index in [-0.39, 0.29) is 16.7 Å². The number of para-hydroxylation sites is 1. The van der Waals surface area contributed by atoms with E-state index in [9.17, 15) is 0 Å². The van der Waals surface area contributed by atoms with Crippen molar-refractivity contribution in [3.8, 4) is 11.3 Å². The molecule has 0 spiro atoms. The van der Waals surface area contributed by atoms with Gasteiger partial charge in [-0.2, -0.15) is 4.57 Å². The monoisotopic (exact) mass is 359 g/mol. The number of aromatic nitrogens is 2. The van der Waals surface area contributed by atoms with Crippen LogP contribution in [-0.4, -0.2) is 4.98 Å². The topological polar surface area (TPSA) is 29.9 Å². The molecule has 0 N–H and O–H groups in total. The molecule has 3 aromatic heterocycles. The Hall–Kier alpha value is -3.20. The molecule has 3 nitrogen and oxygen atoms in total. The average molecular weight is 359 g/mol. The molecule has 0 aliphatic heterocycles. The van der Waals surface area contributed by atoms with E-state index < -0.39 is 13.7 Å². The molecule has 0 aliphatic carbocycles. The molecule has 0 radical (unpaired) electrons. The first kappa shape index (κ1) is 10.8. The fourth-order valence-electron chi connectivity index (χ4n) is 3.78. The highest BCUT2D eigenvalue weighted by atomic mass is 16.3. The summed E-state index contributed by atoms with van der Waals surface area (Å²) in [7, 11) is 1.78. The van der Waals surface area contributed by atoms with Crippen molar-refractivity contribution in [2.75, 3.05) is 0 Å². The third-order valence-corrected chi connectivity index (χ3v) is 5.00. The number of benzene rings is 2. The molecule has 5 rings (SSSR count). The van der Waals surface area contributed by atoms with E-state index in [1.165, 1.54) is 0 Å². The highest BCUT2D eigenvalue weighted by molar-refractivity contribution is 6.11. The summed E-state index contributed by atoms with van der Waals surface area (Å²) in [5, 5.41) is 1.49. The number of pyridine rings is 2. The van der Waals surface area contributed by atoms with Gasteiger partial charge in [-0.05, 0) is 44.4 Å². The molecular weight excluding hydrogens is 332 g/mol. The maximum Gasteiger partial charge on any atom is 0.226 e. The zero-order valence-electron chi connectivity index (χ0n) is 21.0. The van der Waals surface area contributed by atoms with E-state index in [1.54, 1.807) is 36.0 Å². The van der Waals surface area contributed by atoms with Gasteiger partial charge in [-0.25, -0.2) is 4.98 Å². The maximum atomic E-state index is 8.06. The molecular formula is C24H21N2O+. The van der Waals surface area contributed by atoms with Crippen LogP contribution in [0, 0.1) is 20.6 Å². The smallest absolute Gasteiger partial charge is 0.226 e. The number of nitrogens with zero attached hydrogens (tertiary/aromatic N) is 2. The normalized spacial score (nSPS) is 15.9. The van der Waals surface area contributed by atoms with Crippen molar-refractivity contribution in [1.29, 1.82) is 0 Å². The van der Waals surface area contributed by atoms with Gasteiger partial charge >= 0.3 is 0 Å². The fraction of sp³-hybridized carbons (Fsp3) is 0.167. The maximum absolute atomic E-state index is 8.06. The Labute approximate surface area is 166 Å². The minimum Gasteiger partial charge on any atom is -0.454 e. The summed E-state index contributed by atoms with van der Waals surface area (Å²) in [6.45, 7) is -2.75. The Balaban J connectivity index is 1.93. The second-order valence-electron chi connectivity index (χ2n) is 6.87. The highest BCUT2D eigenvalue weighted by Gasteiger charge is 2.25. The second-order valence-corrected chi connectivity index (χ2v) is 6.87. The van der Waals surface area contributed by atoms with Crippen molar-refractivity contribution in [2.45, 2.75) is 20.6 Å². The van der Waals surface area contributed by atoms with Crippen LogP contribution in [0.2, 0.25) is 0 Å². The fourth-order valence-corrected chi connectivity index (χ4v) is 3.78. The van der Waals surface area contributed by atoms with Gasteiger partial charge in [0.25, 0.3) is 0 Å². The van der Waals surface area contributed by atoms with Crippen molar-refractivity contribution >= 4 is 33.0 Å². The van der Waals surface area contributed by atoms with Crippen LogP contribution in [0.3, 0.4) is 0 Å². The van der Waals surface area contributed by atoms with Gasteiger partial charge in [-0.3, -0.25) is 0 Å². The average Bonchev–Trinajstić information content (AvgIpc) is 3.08. The van der Waals surface area contributed by atoms with Crippen LogP contribution >= 0.6 is 0 Å². The number of fused-ring (bicyclic) bond motifs is 4. The molecule has 27 heavy (non-hydrogen) atoms. The predicted octanol–water partition coefficient (Wildman–Crippen LogP) is 5.55. The summed E-state index contributed by atoms with van der Waals surface area (Å²) >= 11 is 0. The van der Waals surface area contributed by atoms with Gasteiger partial charge in [0, 0.05) is 19.2 Å². The highest BCUT2D eigenvalue weighted by Crippen LogP contribution is 2.37. The van der Waals surface area contributed by atoms with Crippen molar-refractivity contribution in [2.24, 2.45) is 7.05 Å². The number of hydrogen-bond donors (Lipinski definition) is 0. The lowest BCUT2D eigenvalue weighted by atomic mass is 9.99. The van der Waals surface area contributed by atoms with Crippen LogP contribution < -0.4 is 4.57 Å². The number of hydrogen-bond acceptors (Lipinski definition) is 2. The summed E-state index contributed by atoms with van der Waals surface area (Å²) < 4.78 is 55.2. The zero-order valence-corrected chi connectivity index (χ0v) is 15.0.